The Morgan fingerprint density at radius 3 is 2.85 bits per heavy atom. The van der Waals surface area contributed by atoms with Crippen LogP contribution in [0.4, 0.5) is 5.69 Å². The van der Waals surface area contributed by atoms with Crippen molar-refractivity contribution in [2.24, 2.45) is 5.92 Å². The van der Waals surface area contributed by atoms with Crippen LogP contribution in [0.5, 0.6) is 5.75 Å². The molecule has 3 aromatic rings. The van der Waals surface area contributed by atoms with Gasteiger partial charge in [-0.05, 0) is 80.5 Å². The molecule has 0 spiro atoms. The number of fused-ring (bicyclic) bond motifs is 1. The van der Waals surface area contributed by atoms with E-state index in [1.54, 1.807) is 6.92 Å². The Bertz CT molecular complexity index is 1150. The molecule has 174 valence electrons. The number of benzene rings is 2. The lowest BCUT2D eigenvalue weighted by molar-refractivity contribution is -0.141. The molecular formula is C27H32N2O4. The van der Waals surface area contributed by atoms with Crippen LogP contribution >= 0.6 is 0 Å². The number of hydrogen-bond donors (Lipinski definition) is 2. The highest BCUT2D eigenvalue weighted by Crippen LogP contribution is 2.40. The van der Waals surface area contributed by atoms with Crippen molar-refractivity contribution in [3.8, 4) is 17.2 Å². The van der Waals surface area contributed by atoms with E-state index in [0.717, 1.165) is 53.4 Å². The van der Waals surface area contributed by atoms with E-state index in [1.165, 1.54) is 11.1 Å². The zero-order valence-electron chi connectivity index (χ0n) is 19.8. The Labute approximate surface area is 195 Å². The van der Waals surface area contributed by atoms with Gasteiger partial charge in [-0.3, -0.25) is 4.79 Å². The van der Waals surface area contributed by atoms with Crippen molar-refractivity contribution in [1.82, 2.24) is 4.98 Å². The summed E-state index contributed by atoms with van der Waals surface area (Å²) >= 11 is 0. The lowest BCUT2D eigenvalue weighted by Gasteiger charge is -2.16. The second-order valence-corrected chi connectivity index (χ2v) is 8.81. The lowest BCUT2D eigenvalue weighted by atomic mass is 9.89. The number of carbonyl (C=O) groups is 1. The molecule has 0 fully saturated rings. The quantitative estimate of drug-likeness (QED) is 0.433. The fourth-order valence-electron chi connectivity index (χ4n) is 4.59. The molecule has 1 aliphatic rings. The number of aliphatic carboxylic acids is 1. The molecule has 2 aromatic carbocycles. The van der Waals surface area contributed by atoms with Crippen LogP contribution in [0.3, 0.4) is 0 Å². The highest BCUT2D eigenvalue weighted by atomic mass is 16.5. The zero-order valence-corrected chi connectivity index (χ0v) is 19.8. The standard InChI is InChI=1S/C27H32N2O4/c1-5-28-25-15-20(7-6-16(25)2)26-29-24(18(4)33-26)12-13-32-21-9-11-23-19(14-21)8-10-22(23)17(3)27(30)31/h6-7,9,11,14-15,17,22,28H,5,8,10,12-13H2,1-4H3,(H,30,31)/t17-,22-/m0/s1. The van der Waals surface area contributed by atoms with Crippen molar-refractivity contribution in [3.63, 3.8) is 0 Å². The van der Waals surface area contributed by atoms with Gasteiger partial charge in [0.25, 0.3) is 0 Å². The van der Waals surface area contributed by atoms with Crippen LogP contribution in [0.15, 0.2) is 40.8 Å². The summed E-state index contributed by atoms with van der Waals surface area (Å²) in [6.07, 6.45) is 2.42. The van der Waals surface area contributed by atoms with Gasteiger partial charge in [-0.1, -0.05) is 19.1 Å². The monoisotopic (exact) mass is 448 g/mol. The first-order valence-corrected chi connectivity index (χ1v) is 11.7. The lowest BCUT2D eigenvalue weighted by Crippen LogP contribution is -2.17. The summed E-state index contributed by atoms with van der Waals surface area (Å²) in [5.74, 6) is 1.21. The molecule has 1 heterocycles. The number of nitrogens with zero attached hydrogens (tertiary/aromatic N) is 1. The highest BCUT2D eigenvalue weighted by Gasteiger charge is 2.31. The number of ether oxygens (including phenoxy) is 1. The van der Waals surface area contributed by atoms with E-state index >= 15 is 0 Å². The molecular weight excluding hydrogens is 416 g/mol. The first-order valence-electron chi connectivity index (χ1n) is 11.7. The van der Waals surface area contributed by atoms with Crippen LogP contribution in [0.1, 0.15) is 54.3 Å². The van der Waals surface area contributed by atoms with Crippen molar-refractivity contribution in [3.05, 3.63) is 64.5 Å². The Hall–Kier alpha value is -3.28. The van der Waals surface area contributed by atoms with E-state index in [1.807, 2.05) is 25.1 Å². The van der Waals surface area contributed by atoms with E-state index in [9.17, 15) is 9.90 Å². The number of oxazole rings is 1. The number of hydrogen-bond acceptors (Lipinski definition) is 5. The first kappa shape index (κ1) is 22.9. The van der Waals surface area contributed by atoms with E-state index in [2.05, 4.69) is 37.4 Å². The minimum atomic E-state index is -0.737. The molecule has 6 heteroatoms. The summed E-state index contributed by atoms with van der Waals surface area (Å²) in [4.78, 5) is 16.1. The molecule has 0 bridgehead atoms. The van der Waals surface area contributed by atoms with Crippen LogP contribution in [-0.2, 0) is 17.6 Å². The van der Waals surface area contributed by atoms with Crippen LogP contribution in [-0.4, -0.2) is 29.2 Å². The summed E-state index contributed by atoms with van der Waals surface area (Å²) in [6.45, 7) is 9.24. The van der Waals surface area contributed by atoms with Gasteiger partial charge in [0, 0.05) is 24.2 Å². The van der Waals surface area contributed by atoms with Gasteiger partial charge in [0.15, 0.2) is 0 Å². The minimum Gasteiger partial charge on any atom is -0.493 e. The number of nitrogens with one attached hydrogen (secondary N) is 1. The number of aromatic nitrogens is 1. The predicted molar refractivity (Wildman–Crippen MR) is 129 cm³/mol. The molecule has 1 aromatic heterocycles. The largest absolute Gasteiger partial charge is 0.493 e. The topological polar surface area (TPSA) is 84.6 Å². The first-order chi connectivity index (χ1) is 15.9. The summed E-state index contributed by atoms with van der Waals surface area (Å²) in [6, 6.07) is 12.2. The summed E-state index contributed by atoms with van der Waals surface area (Å²) in [5.41, 5.74) is 6.47. The average molecular weight is 449 g/mol. The van der Waals surface area contributed by atoms with Crippen molar-refractivity contribution in [2.45, 2.75) is 52.9 Å². The van der Waals surface area contributed by atoms with Crippen molar-refractivity contribution < 1.29 is 19.1 Å². The number of anilines is 1. The molecule has 33 heavy (non-hydrogen) atoms. The SMILES string of the molecule is CCNc1cc(-c2nc(CCOc3ccc4c(c3)CC[C@H]4[C@H](C)C(=O)O)c(C)o2)ccc1C. The third-order valence-corrected chi connectivity index (χ3v) is 6.58. The summed E-state index contributed by atoms with van der Waals surface area (Å²) < 4.78 is 12.0. The molecule has 0 saturated heterocycles. The summed E-state index contributed by atoms with van der Waals surface area (Å²) in [5, 5.41) is 12.7. The fraction of sp³-hybridized carbons (Fsp3) is 0.407. The zero-order chi connectivity index (χ0) is 23.5. The molecule has 0 amide bonds. The minimum absolute atomic E-state index is 0.0811. The van der Waals surface area contributed by atoms with Gasteiger partial charge in [-0.2, -0.15) is 0 Å². The van der Waals surface area contributed by atoms with Gasteiger partial charge in [0.1, 0.15) is 11.5 Å². The van der Waals surface area contributed by atoms with Crippen molar-refractivity contribution in [2.75, 3.05) is 18.5 Å². The number of aryl methyl sites for hydroxylation is 3. The van der Waals surface area contributed by atoms with Crippen LogP contribution in [0, 0.1) is 19.8 Å². The molecule has 1 aliphatic carbocycles. The Morgan fingerprint density at radius 1 is 1.27 bits per heavy atom. The molecule has 2 N–H and O–H groups in total. The smallest absolute Gasteiger partial charge is 0.306 e. The number of carboxylic acids is 1. The van der Waals surface area contributed by atoms with Gasteiger partial charge in [-0.25, -0.2) is 4.98 Å². The summed E-state index contributed by atoms with van der Waals surface area (Å²) in [7, 11) is 0. The molecule has 4 rings (SSSR count). The van der Waals surface area contributed by atoms with E-state index < -0.39 is 5.97 Å². The molecule has 6 nitrogen and oxygen atoms in total. The molecule has 0 unspecified atom stereocenters. The van der Waals surface area contributed by atoms with E-state index in [4.69, 9.17) is 14.1 Å². The second kappa shape index (κ2) is 9.69. The van der Waals surface area contributed by atoms with Crippen molar-refractivity contribution >= 4 is 11.7 Å². The van der Waals surface area contributed by atoms with E-state index in [-0.39, 0.29) is 11.8 Å². The van der Waals surface area contributed by atoms with Gasteiger partial charge in [0.2, 0.25) is 5.89 Å². The number of rotatable bonds is 9. The fourth-order valence-corrected chi connectivity index (χ4v) is 4.59. The van der Waals surface area contributed by atoms with Crippen LogP contribution in [0.2, 0.25) is 0 Å². The Kier molecular flexibility index (Phi) is 6.72. The maximum absolute atomic E-state index is 11.4. The molecule has 0 aliphatic heterocycles. The molecule has 2 atom stereocenters. The average Bonchev–Trinajstić information content (AvgIpc) is 3.38. The Balaban J connectivity index is 1.40. The van der Waals surface area contributed by atoms with Crippen LogP contribution < -0.4 is 10.1 Å². The van der Waals surface area contributed by atoms with Crippen molar-refractivity contribution in [1.29, 1.82) is 0 Å². The third-order valence-electron chi connectivity index (χ3n) is 6.58. The number of carboxylic acid groups (broad SMARTS) is 1. The van der Waals surface area contributed by atoms with Gasteiger partial charge in [-0.15, -0.1) is 0 Å². The van der Waals surface area contributed by atoms with E-state index in [0.29, 0.717) is 18.9 Å². The Morgan fingerprint density at radius 2 is 2.09 bits per heavy atom. The normalized spacial score (nSPS) is 15.8. The van der Waals surface area contributed by atoms with Crippen LogP contribution in [0.25, 0.3) is 11.5 Å². The van der Waals surface area contributed by atoms with Gasteiger partial charge in [0.05, 0.1) is 18.2 Å². The maximum atomic E-state index is 11.4. The van der Waals surface area contributed by atoms with Gasteiger partial charge >= 0.3 is 5.97 Å². The molecule has 0 saturated carbocycles. The third kappa shape index (κ3) is 4.90. The molecule has 0 radical (unpaired) electrons. The second-order valence-electron chi connectivity index (χ2n) is 8.81. The predicted octanol–water partition coefficient (Wildman–Crippen LogP) is 5.76. The van der Waals surface area contributed by atoms with Gasteiger partial charge < -0.3 is 19.6 Å². The highest BCUT2D eigenvalue weighted by molar-refractivity contribution is 5.71. The maximum Gasteiger partial charge on any atom is 0.306 e.